The summed E-state index contributed by atoms with van der Waals surface area (Å²) in [7, 11) is 0. The highest BCUT2D eigenvalue weighted by atomic mass is 16.6. The molecule has 0 N–H and O–H groups in total. The van der Waals surface area contributed by atoms with Gasteiger partial charge in [-0.2, -0.15) is 0 Å². The van der Waals surface area contributed by atoms with Crippen molar-refractivity contribution in [2.75, 3.05) is 13.2 Å². The molecule has 1 aromatic rings. The van der Waals surface area contributed by atoms with Gasteiger partial charge in [0, 0.05) is 5.56 Å². The van der Waals surface area contributed by atoms with Crippen LogP contribution in [0.1, 0.15) is 43.6 Å². The predicted molar refractivity (Wildman–Crippen MR) is 85.0 cm³/mol. The van der Waals surface area contributed by atoms with Crippen LogP contribution < -0.4 is 0 Å². The Balaban J connectivity index is 2.02. The van der Waals surface area contributed by atoms with Gasteiger partial charge < -0.3 is 14.2 Å². The summed E-state index contributed by atoms with van der Waals surface area (Å²) in [4.78, 5) is 24.2. The Morgan fingerprint density at radius 2 is 1.78 bits per heavy atom. The summed E-state index contributed by atoms with van der Waals surface area (Å²) in [6.07, 6.45) is 0.315. The molecule has 124 valence electrons. The normalized spacial score (nSPS) is 15.7. The number of Topliss-reactive ketones (excluding diaryl/α,β-unsaturated/α-hetero) is 1. The van der Waals surface area contributed by atoms with Crippen molar-refractivity contribution in [3.8, 4) is 0 Å². The molecule has 0 fully saturated rings. The largest absolute Gasteiger partial charge is 0.493 e. The zero-order valence-corrected chi connectivity index (χ0v) is 13.9. The van der Waals surface area contributed by atoms with E-state index in [1.807, 2.05) is 12.1 Å². The molecule has 1 aliphatic heterocycles. The van der Waals surface area contributed by atoms with Crippen LogP contribution in [0.4, 0.5) is 0 Å². The maximum atomic E-state index is 12.4. The molecule has 0 unspecified atom stereocenters. The van der Waals surface area contributed by atoms with Gasteiger partial charge in [0.2, 0.25) is 11.5 Å². The first-order valence-electron chi connectivity index (χ1n) is 7.59. The lowest BCUT2D eigenvalue weighted by atomic mass is 9.86. The van der Waals surface area contributed by atoms with Crippen LogP contribution in [0.2, 0.25) is 0 Å². The van der Waals surface area contributed by atoms with E-state index in [1.54, 1.807) is 19.1 Å². The summed E-state index contributed by atoms with van der Waals surface area (Å²) in [6.45, 7) is 8.54. The second-order valence-corrected chi connectivity index (χ2v) is 6.44. The van der Waals surface area contributed by atoms with E-state index in [4.69, 9.17) is 14.2 Å². The molecule has 23 heavy (non-hydrogen) atoms. The van der Waals surface area contributed by atoms with Crippen molar-refractivity contribution in [3.05, 3.63) is 47.4 Å². The van der Waals surface area contributed by atoms with Crippen LogP contribution in [0, 0.1) is 0 Å². The summed E-state index contributed by atoms with van der Waals surface area (Å²) in [5.41, 5.74) is 1.66. The molecule has 0 aromatic heterocycles. The molecular formula is C18H22O5. The summed E-state index contributed by atoms with van der Waals surface area (Å²) >= 11 is 0. The van der Waals surface area contributed by atoms with Crippen LogP contribution in [-0.2, 0) is 24.4 Å². The lowest BCUT2D eigenvalue weighted by molar-refractivity contribution is -0.147. The van der Waals surface area contributed by atoms with E-state index < -0.39 is 12.1 Å². The molecule has 0 saturated heterocycles. The molecule has 0 saturated carbocycles. The minimum absolute atomic E-state index is 0.0148. The number of carbonyl (C=O) groups excluding carboxylic acids is 2. The zero-order valence-electron chi connectivity index (χ0n) is 13.9. The molecule has 1 atom stereocenters. The van der Waals surface area contributed by atoms with Gasteiger partial charge in [0.25, 0.3) is 0 Å². The first kappa shape index (κ1) is 17.1. The average molecular weight is 318 g/mol. The van der Waals surface area contributed by atoms with Crippen LogP contribution in [-0.4, -0.2) is 31.1 Å². The first-order valence-corrected chi connectivity index (χ1v) is 7.59. The number of carbonyl (C=O) groups is 2. The fraction of sp³-hybridized carbons (Fsp3) is 0.444. The van der Waals surface area contributed by atoms with Crippen molar-refractivity contribution in [3.63, 3.8) is 0 Å². The van der Waals surface area contributed by atoms with E-state index in [0.717, 1.165) is 5.56 Å². The van der Waals surface area contributed by atoms with Crippen LogP contribution in [0.5, 0.6) is 0 Å². The van der Waals surface area contributed by atoms with E-state index in [9.17, 15) is 9.59 Å². The third-order valence-corrected chi connectivity index (χ3v) is 3.54. The smallest absolute Gasteiger partial charge is 0.377 e. The Kier molecular flexibility index (Phi) is 5.08. The second kappa shape index (κ2) is 6.86. The number of hydrogen-bond donors (Lipinski definition) is 0. The molecule has 5 heteroatoms. The van der Waals surface area contributed by atoms with Gasteiger partial charge in [-0.15, -0.1) is 0 Å². The highest BCUT2D eigenvalue weighted by molar-refractivity contribution is 6.01. The van der Waals surface area contributed by atoms with Crippen LogP contribution in [0.15, 0.2) is 36.3 Å². The summed E-state index contributed by atoms with van der Waals surface area (Å²) in [5.74, 6) is -0.966. The van der Waals surface area contributed by atoms with Crippen molar-refractivity contribution < 1.29 is 23.8 Å². The van der Waals surface area contributed by atoms with Crippen molar-refractivity contribution in [1.82, 2.24) is 0 Å². The van der Waals surface area contributed by atoms with E-state index in [-0.39, 0.29) is 23.6 Å². The number of hydrogen-bond acceptors (Lipinski definition) is 5. The fourth-order valence-corrected chi connectivity index (χ4v) is 2.12. The summed E-state index contributed by atoms with van der Waals surface area (Å²) < 4.78 is 15.3. The number of ketones is 1. The number of benzene rings is 1. The molecule has 0 spiro atoms. The average Bonchev–Trinajstić information content (AvgIpc) is 2.54. The van der Waals surface area contributed by atoms with Crippen molar-refractivity contribution in [2.45, 2.75) is 39.2 Å². The van der Waals surface area contributed by atoms with Crippen LogP contribution >= 0.6 is 0 Å². The molecule has 0 aliphatic carbocycles. The monoisotopic (exact) mass is 318 g/mol. The number of ether oxygens (including phenoxy) is 3. The maximum absolute atomic E-state index is 12.4. The van der Waals surface area contributed by atoms with Gasteiger partial charge in [0.1, 0.15) is 19.5 Å². The molecule has 0 amide bonds. The lowest BCUT2D eigenvalue weighted by Crippen LogP contribution is -2.27. The van der Waals surface area contributed by atoms with Crippen molar-refractivity contribution in [1.29, 1.82) is 0 Å². The van der Waals surface area contributed by atoms with E-state index in [1.165, 1.54) is 6.26 Å². The van der Waals surface area contributed by atoms with Crippen molar-refractivity contribution in [2.24, 2.45) is 0 Å². The number of esters is 1. The van der Waals surface area contributed by atoms with E-state index in [2.05, 4.69) is 20.8 Å². The Hall–Kier alpha value is -2.30. The van der Waals surface area contributed by atoms with Gasteiger partial charge in [-0.1, -0.05) is 45.0 Å². The highest BCUT2D eigenvalue weighted by Crippen LogP contribution is 2.22. The third kappa shape index (κ3) is 4.34. The van der Waals surface area contributed by atoms with Gasteiger partial charge in [0.15, 0.2) is 6.10 Å². The molecule has 0 radical (unpaired) electrons. The van der Waals surface area contributed by atoms with Gasteiger partial charge in [-0.25, -0.2) is 4.79 Å². The summed E-state index contributed by atoms with van der Waals surface area (Å²) in [6, 6.07) is 7.35. The minimum atomic E-state index is -0.894. The minimum Gasteiger partial charge on any atom is -0.493 e. The number of rotatable bonds is 4. The molecule has 1 aromatic carbocycles. The Morgan fingerprint density at radius 3 is 2.30 bits per heavy atom. The first-order chi connectivity index (χ1) is 10.8. The molecular weight excluding hydrogens is 296 g/mol. The van der Waals surface area contributed by atoms with Crippen molar-refractivity contribution >= 4 is 11.8 Å². The van der Waals surface area contributed by atoms with E-state index >= 15 is 0 Å². The molecule has 1 heterocycles. The van der Waals surface area contributed by atoms with E-state index in [0.29, 0.717) is 12.2 Å². The summed E-state index contributed by atoms with van der Waals surface area (Å²) in [5, 5.41) is 0. The third-order valence-electron chi connectivity index (χ3n) is 3.54. The lowest BCUT2D eigenvalue weighted by Gasteiger charge is -2.20. The Labute approximate surface area is 136 Å². The fourth-order valence-electron chi connectivity index (χ4n) is 2.12. The highest BCUT2D eigenvalue weighted by Gasteiger charge is 2.24. The quantitative estimate of drug-likeness (QED) is 0.631. The predicted octanol–water partition coefficient (Wildman–Crippen LogP) is 2.99. The maximum Gasteiger partial charge on any atom is 0.377 e. The molecule has 0 bridgehead atoms. The Morgan fingerprint density at radius 1 is 1.13 bits per heavy atom. The van der Waals surface area contributed by atoms with Crippen LogP contribution in [0.25, 0.3) is 0 Å². The standard InChI is InChI=1S/C18H22O5/c1-12(23-17(20)15-11-21-9-10-22-15)16(19)13-5-7-14(8-6-13)18(2,3)4/h5-8,11-12H,9-10H2,1-4H3/t12-/m1/s1. The second-order valence-electron chi connectivity index (χ2n) is 6.44. The van der Waals surface area contributed by atoms with Crippen LogP contribution in [0.3, 0.4) is 0 Å². The topological polar surface area (TPSA) is 61.8 Å². The SMILES string of the molecule is C[C@@H](OC(=O)C1=COCCO1)C(=O)c1ccc(C(C)(C)C)cc1. The van der Waals surface area contributed by atoms with Gasteiger partial charge in [0.05, 0.1) is 0 Å². The van der Waals surface area contributed by atoms with Gasteiger partial charge >= 0.3 is 5.97 Å². The molecule has 1 aliphatic rings. The van der Waals surface area contributed by atoms with Gasteiger partial charge in [-0.3, -0.25) is 4.79 Å². The molecule has 5 nitrogen and oxygen atoms in total. The molecule has 2 rings (SSSR count). The Bertz CT molecular complexity index is 607. The van der Waals surface area contributed by atoms with Gasteiger partial charge in [-0.05, 0) is 17.9 Å². The zero-order chi connectivity index (χ0) is 17.0.